The summed E-state index contributed by atoms with van der Waals surface area (Å²) in [5, 5.41) is 0. The van der Waals surface area contributed by atoms with Gasteiger partial charge in [0.05, 0.1) is 12.6 Å². The molecule has 2 N–H and O–H groups in total. The first-order valence-electron chi connectivity index (χ1n) is 6.74. The Morgan fingerprint density at radius 2 is 1.94 bits per heavy atom. The molecule has 0 aromatic carbocycles. The summed E-state index contributed by atoms with van der Waals surface area (Å²) in [5.74, 6) is 0. The standard InChI is InChI=1S/C13H22N4O/c1-2-18-13-15-9-11(10-16-13)12(8-14)17-6-4-3-5-7-17/h9-10,12H,2-8,14H2,1H3/t12-/m1/s1. The third-order valence-electron chi connectivity index (χ3n) is 3.36. The second kappa shape index (κ2) is 6.66. The third-order valence-corrected chi connectivity index (χ3v) is 3.36. The van der Waals surface area contributed by atoms with E-state index in [0.29, 0.717) is 19.2 Å². The molecule has 5 heteroatoms. The first kappa shape index (κ1) is 13.2. The number of hydrogen-bond acceptors (Lipinski definition) is 5. The van der Waals surface area contributed by atoms with E-state index in [1.165, 1.54) is 19.3 Å². The zero-order valence-corrected chi connectivity index (χ0v) is 11.0. The van der Waals surface area contributed by atoms with Gasteiger partial charge in [-0.3, -0.25) is 4.90 Å². The molecule has 18 heavy (non-hydrogen) atoms. The Labute approximate surface area is 108 Å². The minimum Gasteiger partial charge on any atom is -0.464 e. The fourth-order valence-electron chi connectivity index (χ4n) is 2.43. The average molecular weight is 250 g/mol. The van der Waals surface area contributed by atoms with Gasteiger partial charge in [0.1, 0.15) is 0 Å². The monoisotopic (exact) mass is 250 g/mol. The van der Waals surface area contributed by atoms with E-state index in [4.69, 9.17) is 10.5 Å². The van der Waals surface area contributed by atoms with E-state index < -0.39 is 0 Å². The highest BCUT2D eigenvalue weighted by atomic mass is 16.5. The predicted octanol–water partition coefficient (Wildman–Crippen LogP) is 1.36. The van der Waals surface area contributed by atoms with Crippen LogP contribution in [0.15, 0.2) is 12.4 Å². The van der Waals surface area contributed by atoms with E-state index >= 15 is 0 Å². The molecule has 0 spiro atoms. The summed E-state index contributed by atoms with van der Waals surface area (Å²) < 4.78 is 5.25. The van der Waals surface area contributed by atoms with Gasteiger partial charge in [-0.25, -0.2) is 9.97 Å². The molecule has 0 bridgehead atoms. The quantitative estimate of drug-likeness (QED) is 0.855. The van der Waals surface area contributed by atoms with E-state index in [0.717, 1.165) is 18.7 Å². The van der Waals surface area contributed by atoms with E-state index in [9.17, 15) is 0 Å². The van der Waals surface area contributed by atoms with Crippen LogP contribution in [0.1, 0.15) is 37.8 Å². The van der Waals surface area contributed by atoms with Crippen LogP contribution in [0.2, 0.25) is 0 Å². The van der Waals surface area contributed by atoms with Crippen molar-refractivity contribution in [1.29, 1.82) is 0 Å². The van der Waals surface area contributed by atoms with Crippen molar-refractivity contribution >= 4 is 0 Å². The number of likely N-dealkylation sites (tertiary alicyclic amines) is 1. The van der Waals surface area contributed by atoms with Gasteiger partial charge in [-0.15, -0.1) is 0 Å². The maximum absolute atomic E-state index is 5.90. The number of aromatic nitrogens is 2. The first-order chi connectivity index (χ1) is 8.85. The highest BCUT2D eigenvalue weighted by Crippen LogP contribution is 2.23. The van der Waals surface area contributed by atoms with Crippen molar-refractivity contribution in [3.8, 4) is 6.01 Å². The molecule has 2 heterocycles. The Morgan fingerprint density at radius 3 is 2.50 bits per heavy atom. The molecular weight excluding hydrogens is 228 g/mol. The van der Waals surface area contributed by atoms with Gasteiger partial charge in [-0.1, -0.05) is 6.42 Å². The first-order valence-corrected chi connectivity index (χ1v) is 6.74. The fraction of sp³-hybridized carbons (Fsp3) is 0.692. The van der Waals surface area contributed by atoms with Crippen LogP contribution in [0.4, 0.5) is 0 Å². The summed E-state index contributed by atoms with van der Waals surface area (Å²) in [6, 6.07) is 0.677. The van der Waals surface area contributed by atoms with Gasteiger partial charge in [0.25, 0.3) is 0 Å². The number of nitrogens with two attached hydrogens (primary N) is 1. The van der Waals surface area contributed by atoms with Crippen molar-refractivity contribution in [2.75, 3.05) is 26.2 Å². The smallest absolute Gasteiger partial charge is 0.316 e. The van der Waals surface area contributed by atoms with Crippen LogP contribution < -0.4 is 10.5 Å². The SMILES string of the molecule is CCOc1ncc([C@@H](CN)N2CCCCC2)cn1. The lowest BCUT2D eigenvalue weighted by atomic mass is 10.0. The molecule has 1 saturated heterocycles. The normalized spacial score (nSPS) is 18.6. The lowest BCUT2D eigenvalue weighted by molar-refractivity contribution is 0.166. The van der Waals surface area contributed by atoms with Crippen molar-refractivity contribution in [2.24, 2.45) is 5.73 Å². The highest BCUT2D eigenvalue weighted by molar-refractivity contribution is 5.13. The lowest BCUT2D eigenvalue weighted by Gasteiger charge is -2.33. The maximum atomic E-state index is 5.90. The van der Waals surface area contributed by atoms with E-state index in [1.54, 1.807) is 0 Å². The second-order valence-electron chi connectivity index (χ2n) is 4.58. The summed E-state index contributed by atoms with van der Waals surface area (Å²) >= 11 is 0. The van der Waals surface area contributed by atoms with Crippen molar-refractivity contribution in [3.05, 3.63) is 18.0 Å². The van der Waals surface area contributed by atoms with Crippen LogP contribution in [0.25, 0.3) is 0 Å². The van der Waals surface area contributed by atoms with E-state index in [2.05, 4.69) is 14.9 Å². The van der Waals surface area contributed by atoms with Crippen molar-refractivity contribution in [3.63, 3.8) is 0 Å². The maximum Gasteiger partial charge on any atom is 0.316 e. The van der Waals surface area contributed by atoms with Gasteiger partial charge in [0, 0.05) is 24.5 Å². The van der Waals surface area contributed by atoms with Crippen molar-refractivity contribution in [2.45, 2.75) is 32.2 Å². The van der Waals surface area contributed by atoms with Gasteiger partial charge >= 0.3 is 6.01 Å². The van der Waals surface area contributed by atoms with Crippen LogP contribution in [0.3, 0.4) is 0 Å². The second-order valence-corrected chi connectivity index (χ2v) is 4.58. The van der Waals surface area contributed by atoms with E-state index in [-0.39, 0.29) is 6.04 Å². The van der Waals surface area contributed by atoms with Crippen LogP contribution >= 0.6 is 0 Å². The summed E-state index contributed by atoms with van der Waals surface area (Å²) in [5.41, 5.74) is 6.99. The van der Waals surface area contributed by atoms with Crippen LogP contribution in [0.5, 0.6) is 6.01 Å². The minimum absolute atomic E-state index is 0.237. The van der Waals surface area contributed by atoms with Gasteiger partial charge in [0.2, 0.25) is 0 Å². The Kier molecular flexibility index (Phi) is 4.90. The molecule has 0 unspecified atom stereocenters. The lowest BCUT2D eigenvalue weighted by Crippen LogP contribution is -2.37. The number of ether oxygens (including phenoxy) is 1. The Bertz CT molecular complexity index is 349. The van der Waals surface area contributed by atoms with Crippen LogP contribution in [-0.2, 0) is 0 Å². The Balaban J connectivity index is 2.06. The summed E-state index contributed by atoms with van der Waals surface area (Å²) in [6.07, 6.45) is 7.52. The van der Waals surface area contributed by atoms with Crippen molar-refractivity contribution in [1.82, 2.24) is 14.9 Å². The van der Waals surface area contributed by atoms with Gasteiger partial charge in [-0.2, -0.15) is 0 Å². The zero-order chi connectivity index (χ0) is 12.8. The third kappa shape index (κ3) is 3.17. The fourth-order valence-corrected chi connectivity index (χ4v) is 2.43. The van der Waals surface area contributed by atoms with Crippen LogP contribution in [0, 0.1) is 0 Å². The van der Waals surface area contributed by atoms with Gasteiger partial charge in [-0.05, 0) is 32.9 Å². The highest BCUT2D eigenvalue weighted by Gasteiger charge is 2.21. The minimum atomic E-state index is 0.237. The molecule has 1 aromatic rings. The van der Waals surface area contributed by atoms with Gasteiger partial charge < -0.3 is 10.5 Å². The average Bonchev–Trinajstić information content (AvgIpc) is 2.43. The molecule has 0 aliphatic carbocycles. The van der Waals surface area contributed by atoms with Crippen LogP contribution in [-0.4, -0.2) is 41.1 Å². The van der Waals surface area contributed by atoms with Gasteiger partial charge in [0.15, 0.2) is 0 Å². The molecule has 2 rings (SSSR count). The number of piperidine rings is 1. The number of hydrogen-bond donors (Lipinski definition) is 1. The zero-order valence-electron chi connectivity index (χ0n) is 11.0. The molecule has 1 aliphatic rings. The topological polar surface area (TPSA) is 64.3 Å². The van der Waals surface area contributed by atoms with E-state index in [1.807, 2.05) is 19.3 Å². The Hall–Kier alpha value is -1.20. The molecular formula is C13H22N4O. The molecule has 100 valence electrons. The summed E-state index contributed by atoms with van der Waals surface area (Å²) in [7, 11) is 0. The molecule has 0 amide bonds. The summed E-state index contributed by atoms with van der Waals surface area (Å²) in [6.45, 7) is 5.36. The predicted molar refractivity (Wildman–Crippen MR) is 70.4 cm³/mol. The molecule has 1 aliphatic heterocycles. The summed E-state index contributed by atoms with van der Waals surface area (Å²) in [4.78, 5) is 10.9. The molecule has 0 radical (unpaired) electrons. The molecule has 1 aromatic heterocycles. The molecule has 0 saturated carbocycles. The van der Waals surface area contributed by atoms with Crippen molar-refractivity contribution < 1.29 is 4.74 Å². The largest absolute Gasteiger partial charge is 0.464 e. The molecule has 5 nitrogen and oxygen atoms in total. The Morgan fingerprint density at radius 1 is 1.28 bits per heavy atom. The molecule has 1 fully saturated rings. The molecule has 1 atom stereocenters. The number of rotatable bonds is 5. The number of nitrogens with zero attached hydrogens (tertiary/aromatic N) is 3.